The van der Waals surface area contributed by atoms with Crippen molar-refractivity contribution in [1.29, 1.82) is 0 Å². The zero-order valence-corrected chi connectivity index (χ0v) is 13.9. The minimum atomic E-state index is -0.0234. The van der Waals surface area contributed by atoms with Crippen molar-refractivity contribution in [1.82, 2.24) is 10.2 Å². The van der Waals surface area contributed by atoms with Crippen LogP contribution in [0.1, 0.15) is 12.5 Å². The lowest BCUT2D eigenvalue weighted by atomic mass is 10.1. The number of amides is 1. The molecular weight excluding hydrogens is 282 g/mol. The quantitative estimate of drug-likeness (QED) is 0.900. The summed E-state index contributed by atoms with van der Waals surface area (Å²) in [5, 5.41) is 3.32. The number of carbonyl (C=O) groups is 1. The summed E-state index contributed by atoms with van der Waals surface area (Å²) in [5.41, 5.74) is 2.36. The summed E-state index contributed by atoms with van der Waals surface area (Å²) >= 11 is 1.86. The molecule has 1 unspecified atom stereocenters. The second kappa shape index (κ2) is 7.71. The predicted octanol–water partition coefficient (Wildman–Crippen LogP) is 1.81. The summed E-state index contributed by atoms with van der Waals surface area (Å²) in [4.78, 5) is 16.6. The van der Waals surface area contributed by atoms with Crippen LogP contribution in [0, 0.1) is 0 Å². The molecule has 1 aliphatic heterocycles. The molecule has 116 valence electrons. The third-order valence-electron chi connectivity index (χ3n) is 3.74. The molecular formula is C16H25N3OS. The smallest absolute Gasteiger partial charge is 0.240 e. The van der Waals surface area contributed by atoms with Gasteiger partial charge in [-0.2, -0.15) is 11.8 Å². The van der Waals surface area contributed by atoms with Crippen molar-refractivity contribution < 1.29 is 4.79 Å². The van der Waals surface area contributed by atoms with Crippen molar-refractivity contribution in [3.8, 4) is 0 Å². The number of hydrogen-bond acceptors (Lipinski definition) is 4. The van der Waals surface area contributed by atoms with Gasteiger partial charge in [0, 0.05) is 50.9 Å². The summed E-state index contributed by atoms with van der Waals surface area (Å²) in [6.07, 6.45) is 0. The maximum absolute atomic E-state index is 12.6. The highest BCUT2D eigenvalue weighted by Gasteiger charge is 2.25. The fourth-order valence-corrected chi connectivity index (χ4v) is 3.33. The number of likely N-dealkylation sites (N-methyl/N-ethyl adjacent to an activating group) is 1. The molecule has 0 aromatic heterocycles. The summed E-state index contributed by atoms with van der Waals surface area (Å²) in [7, 11) is 4.06. The van der Waals surface area contributed by atoms with Crippen LogP contribution in [0.5, 0.6) is 0 Å². The molecule has 1 amide bonds. The normalized spacial score (nSPS) is 18.3. The topological polar surface area (TPSA) is 35.6 Å². The van der Waals surface area contributed by atoms with Crippen molar-refractivity contribution in [2.24, 2.45) is 0 Å². The number of thioether (sulfide) groups is 1. The van der Waals surface area contributed by atoms with Crippen LogP contribution in [0.4, 0.5) is 5.69 Å². The number of anilines is 1. The lowest BCUT2D eigenvalue weighted by molar-refractivity contribution is -0.133. The molecule has 0 spiro atoms. The fraction of sp³-hybridized carbons (Fsp3) is 0.562. The maximum Gasteiger partial charge on any atom is 0.240 e. The first-order valence-electron chi connectivity index (χ1n) is 7.48. The molecule has 2 rings (SSSR count). The molecule has 1 atom stereocenters. The van der Waals surface area contributed by atoms with Crippen LogP contribution < -0.4 is 10.2 Å². The van der Waals surface area contributed by atoms with Crippen molar-refractivity contribution >= 4 is 23.4 Å². The van der Waals surface area contributed by atoms with Gasteiger partial charge in [-0.1, -0.05) is 12.1 Å². The van der Waals surface area contributed by atoms with E-state index < -0.39 is 0 Å². The Morgan fingerprint density at radius 1 is 1.33 bits per heavy atom. The van der Waals surface area contributed by atoms with E-state index >= 15 is 0 Å². The Balaban J connectivity index is 1.99. The lowest BCUT2D eigenvalue weighted by Gasteiger charge is -2.29. The number of hydrogen-bond donors (Lipinski definition) is 1. The number of carbonyl (C=O) groups excluding carboxylic acids is 1. The molecule has 0 aliphatic carbocycles. The van der Waals surface area contributed by atoms with Crippen LogP contribution in [0.15, 0.2) is 24.3 Å². The van der Waals surface area contributed by atoms with E-state index in [0.29, 0.717) is 6.54 Å². The molecule has 1 fully saturated rings. The van der Waals surface area contributed by atoms with E-state index in [-0.39, 0.29) is 11.9 Å². The van der Waals surface area contributed by atoms with Gasteiger partial charge in [0.25, 0.3) is 0 Å². The number of benzene rings is 1. The molecule has 5 heteroatoms. The Bertz CT molecular complexity index is 455. The summed E-state index contributed by atoms with van der Waals surface area (Å²) in [6.45, 7) is 4.40. The van der Waals surface area contributed by atoms with Crippen molar-refractivity contribution in [3.05, 3.63) is 29.8 Å². The molecule has 1 heterocycles. The third kappa shape index (κ3) is 4.38. The molecule has 1 N–H and O–H groups in total. The summed E-state index contributed by atoms with van der Waals surface area (Å²) in [6, 6.07) is 8.39. The standard InChI is InChI=1S/C16H25N3OS/c1-4-19(16(20)15-12-21-10-9-17-15)11-13-5-7-14(8-6-13)18(2)3/h5-8,15,17H,4,9-12H2,1-3H3. The molecule has 21 heavy (non-hydrogen) atoms. The first-order chi connectivity index (χ1) is 10.1. The average molecular weight is 307 g/mol. The molecule has 1 aliphatic rings. The number of nitrogens with zero attached hydrogens (tertiary/aromatic N) is 2. The van der Waals surface area contributed by atoms with Gasteiger partial charge in [-0.05, 0) is 24.6 Å². The van der Waals surface area contributed by atoms with Gasteiger partial charge in [-0.25, -0.2) is 0 Å². The molecule has 1 saturated heterocycles. The van der Waals surface area contributed by atoms with Gasteiger partial charge >= 0.3 is 0 Å². The van der Waals surface area contributed by atoms with E-state index in [9.17, 15) is 4.79 Å². The highest BCUT2D eigenvalue weighted by atomic mass is 32.2. The van der Waals surface area contributed by atoms with Crippen molar-refractivity contribution in [3.63, 3.8) is 0 Å². The van der Waals surface area contributed by atoms with E-state index in [1.807, 2.05) is 37.7 Å². The van der Waals surface area contributed by atoms with E-state index in [1.165, 1.54) is 11.3 Å². The Labute approximate surface area is 131 Å². The van der Waals surface area contributed by atoms with Crippen molar-refractivity contribution in [2.45, 2.75) is 19.5 Å². The molecule has 4 nitrogen and oxygen atoms in total. The molecule has 0 saturated carbocycles. The highest BCUT2D eigenvalue weighted by Crippen LogP contribution is 2.15. The van der Waals surface area contributed by atoms with Gasteiger partial charge < -0.3 is 15.1 Å². The van der Waals surface area contributed by atoms with Crippen LogP contribution in [0.25, 0.3) is 0 Å². The Kier molecular flexibility index (Phi) is 5.94. The van der Waals surface area contributed by atoms with E-state index in [4.69, 9.17) is 0 Å². The van der Waals surface area contributed by atoms with Gasteiger partial charge in [0.15, 0.2) is 0 Å². The lowest BCUT2D eigenvalue weighted by Crippen LogP contribution is -2.50. The zero-order chi connectivity index (χ0) is 15.2. The Morgan fingerprint density at radius 3 is 2.57 bits per heavy atom. The fourth-order valence-electron chi connectivity index (χ4n) is 2.41. The molecule has 1 aromatic carbocycles. The summed E-state index contributed by atoms with van der Waals surface area (Å²) in [5.74, 6) is 2.21. The van der Waals surface area contributed by atoms with Gasteiger partial charge in [0.05, 0.1) is 6.04 Å². The molecule has 0 bridgehead atoms. The highest BCUT2D eigenvalue weighted by molar-refractivity contribution is 7.99. The second-order valence-corrected chi connectivity index (χ2v) is 6.64. The Hall–Kier alpha value is -1.20. The SMILES string of the molecule is CCN(Cc1ccc(N(C)C)cc1)C(=O)C1CSCCN1. The minimum absolute atomic E-state index is 0.0234. The number of nitrogens with one attached hydrogen (secondary N) is 1. The van der Waals surface area contributed by atoms with Gasteiger partial charge in [-0.15, -0.1) is 0 Å². The van der Waals surface area contributed by atoms with Gasteiger partial charge in [0.2, 0.25) is 5.91 Å². The third-order valence-corrected chi connectivity index (χ3v) is 4.80. The van der Waals surface area contributed by atoms with Gasteiger partial charge in [-0.3, -0.25) is 4.79 Å². The van der Waals surface area contributed by atoms with Crippen molar-refractivity contribution in [2.75, 3.05) is 43.6 Å². The average Bonchev–Trinajstić information content (AvgIpc) is 2.53. The zero-order valence-electron chi connectivity index (χ0n) is 13.1. The van der Waals surface area contributed by atoms with Crippen LogP contribution in [-0.4, -0.2) is 55.5 Å². The maximum atomic E-state index is 12.6. The second-order valence-electron chi connectivity index (χ2n) is 5.49. The largest absolute Gasteiger partial charge is 0.378 e. The summed E-state index contributed by atoms with van der Waals surface area (Å²) < 4.78 is 0. The monoisotopic (exact) mass is 307 g/mol. The van der Waals surface area contributed by atoms with Crippen LogP contribution >= 0.6 is 11.8 Å². The van der Waals surface area contributed by atoms with Crippen LogP contribution in [-0.2, 0) is 11.3 Å². The predicted molar refractivity (Wildman–Crippen MR) is 91.0 cm³/mol. The van der Waals surface area contributed by atoms with E-state index in [2.05, 4.69) is 34.5 Å². The number of rotatable bonds is 5. The molecule has 1 aromatic rings. The minimum Gasteiger partial charge on any atom is -0.378 e. The van der Waals surface area contributed by atoms with E-state index in [0.717, 1.165) is 24.6 Å². The first-order valence-corrected chi connectivity index (χ1v) is 8.63. The van der Waals surface area contributed by atoms with Gasteiger partial charge in [0.1, 0.15) is 0 Å². The Morgan fingerprint density at radius 2 is 2.05 bits per heavy atom. The van der Waals surface area contributed by atoms with Crippen LogP contribution in [0.2, 0.25) is 0 Å². The van der Waals surface area contributed by atoms with E-state index in [1.54, 1.807) is 0 Å². The first kappa shape index (κ1) is 16.2. The van der Waals surface area contributed by atoms with Crippen LogP contribution in [0.3, 0.4) is 0 Å². The molecule has 0 radical (unpaired) electrons.